The van der Waals surface area contributed by atoms with Crippen molar-refractivity contribution in [3.05, 3.63) is 65.2 Å². The lowest BCUT2D eigenvalue weighted by Crippen LogP contribution is -2.45. The number of sulfone groups is 1. The molecule has 0 spiro atoms. The van der Waals surface area contributed by atoms with Crippen molar-refractivity contribution in [1.82, 2.24) is 4.90 Å². The number of halogens is 2. The SMILES string of the molecule is CS(=O)(=O)CC[C@H](C(=O)Nc1ccc(F)cc1F)N1Cc2ccccc2C1=O. The Morgan fingerprint density at radius 3 is 2.57 bits per heavy atom. The number of carbonyl (C=O) groups excluding carboxylic acids is 2. The van der Waals surface area contributed by atoms with Gasteiger partial charge in [-0.15, -0.1) is 0 Å². The summed E-state index contributed by atoms with van der Waals surface area (Å²) in [5.41, 5.74) is 0.908. The van der Waals surface area contributed by atoms with Crippen LogP contribution in [-0.2, 0) is 21.2 Å². The Morgan fingerprint density at radius 2 is 1.93 bits per heavy atom. The van der Waals surface area contributed by atoms with E-state index < -0.39 is 39.3 Å². The van der Waals surface area contributed by atoms with Gasteiger partial charge < -0.3 is 10.2 Å². The highest BCUT2D eigenvalue weighted by Gasteiger charge is 2.36. The van der Waals surface area contributed by atoms with Crippen molar-refractivity contribution >= 4 is 27.3 Å². The van der Waals surface area contributed by atoms with Crippen LogP contribution in [0, 0.1) is 11.6 Å². The van der Waals surface area contributed by atoms with Gasteiger partial charge in [-0.1, -0.05) is 18.2 Å². The van der Waals surface area contributed by atoms with E-state index in [-0.39, 0.29) is 24.4 Å². The highest BCUT2D eigenvalue weighted by molar-refractivity contribution is 7.90. The zero-order valence-corrected chi connectivity index (χ0v) is 15.8. The van der Waals surface area contributed by atoms with E-state index in [1.807, 2.05) is 0 Å². The maximum atomic E-state index is 13.9. The lowest BCUT2D eigenvalue weighted by molar-refractivity contribution is -0.120. The first-order valence-electron chi connectivity index (χ1n) is 8.48. The molecule has 2 aromatic rings. The van der Waals surface area contributed by atoms with Gasteiger partial charge in [0.15, 0.2) is 0 Å². The van der Waals surface area contributed by atoms with Crippen LogP contribution in [-0.4, -0.2) is 43.2 Å². The van der Waals surface area contributed by atoms with Crippen LogP contribution in [0.3, 0.4) is 0 Å². The van der Waals surface area contributed by atoms with Crippen LogP contribution in [0.2, 0.25) is 0 Å². The van der Waals surface area contributed by atoms with E-state index in [9.17, 15) is 26.8 Å². The van der Waals surface area contributed by atoms with Gasteiger partial charge in [0.1, 0.15) is 27.5 Å². The topological polar surface area (TPSA) is 83.6 Å². The molecule has 2 aromatic carbocycles. The first-order chi connectivity index (χ1) is 13.2. The van der Waals surface area contributed by atoms with E-state index in [0.717, 1.165) is 24.0 Å². The predicted octanol–water partition coefficient (Wildman–Crippen LogP) is 2.36. The number of hydrogen-bond acceptors (Lipinski definition) is 4. The maximum Gasteiger partial charge on any atom is 0.255 e. The van der Waals surface area contributed by atoms with Crippen LogP contribution in [0.4, 0.5) is 14.5 Å². The molecule has 0 radical (unpaired) electrons. The number of carbonyl (C=O) groups is 2. The molecule has 9 heteroatoms. The zero-order chi connectivity index (χ0) is 20.5. The molecule has 0 fully saturated rings. The fourth-order valence-corrected chi connectivity index (χ4v) is 3.74. The molecule has 0 aliphatic carbocycles. The summed E-state index contributed by atoms with van der Waals surface area (Å²) < 4.78 is 50.1. The number of anilines is 1. The Hall–Kier alpha value is -2.81. The average Bonchev–Trinajstić information content (AvgIpc) is 2.94. The highest BCUT2D eigenvalue weighted by Crippen LogP contribution is 2.26. The molecule has 1 aliphatic heterocycles. The van der Waals surface area contributed by atoms with Gasteiger partial charge in [0.25, 0.3) is 5.91 Å². The molecule has 0 aromatic heterocycles. The third-order valence-electron chi connectivity index (χ3n) is 4.48. The first-order valence-corrected chi connectivity index (χ1v) is 10.5. The van der Waals surface area contributed by atoms with Crippen molar-refractivity contribution in [2.75, 3.05) is 17.3 Å². The van der Waals surface area contributed by atoms with Crippen LogP contribution >= 0.6 is 0 Å². The van der Waals surface area contributed by atoms with Gasteiger partial charge in [-0.3, -0.25) is 9.59 Å². The maximum absolute atomic E-state index is 13.9. The minimum Gasteiger partial charge on any atom is -0.322 e. The van der Waals surface area contributed by atoms with E-state index in [1.165, 1.54) is 4.90 Å². The third kappa shape index (κ3) is 4.36. The molecule has 148 valence electrons. The van der Waals surface area contributed by atoms with Gasteiger partial charge in [-0.25, -0.2) is 17.2 Å². The number of nitrogens with zero attached hydrogens (tertiary/aromatic N) is 1. The number of nitrogens with one attached hydrogen (secondary N) is 1. The Kier molecular flexibility index (Phi) is 5.46. The summed E-state index contributed by atoms with van der Waals surface area (Å²) in [6, 6.07) is 8.38. The largest absolute Gasteiger partial charge is 0.322 e. The number of fused-ring (bicyclic) bond motifs is 1. The molecule has 28 heavy (non-hydrogen) atoms. The van der Waals surface area contributed by atoms with Crippen molar-refractivity contribution in [1.29, 1.82) is 0 Å². The molecule has 1 aliphatic rings. The molecule has 2 amide bonds. The molecule has 3 rings (SSSR count). The Balaban J connectivity index is 1.87. The van der Waals surface area contributed by atoms with Crippen molar-refractivity contribution in [3.63, 3.8) is 0 Å². The minimum absolute atomic E-state index is 0.142. The van der Waals surface area contributed by atoms with Gasteiger partial charge in [0.05, 0.1) is 11.4 Å². The Bertz CT molecular complexity index is 1040. The molecular formula is C19H18F2N2O4S. The summed E-state index contributed by atoms with van der Waals surface area (Å²) >= 11 is 0. The third-order valence-corrected chi connectivity index (χ3v) is 5.46. The fourth-order valence-electron chi connectivity index (χ4n) is 3.09. The second-order valence-electron chi connectivity index (χ2n) is 6.64. The number of hydrogen-bond donors (Lipinski definition) is 1. The van der Waals surface area contributed by atoms with Crippen LogP contribution in [0.25, 0.3) is 0 Å². The predicted molar refractivity (Wildman–Crippen MR) is 99.4 cm³/mol. The van der Waals surface area contributed by atoms with Crippen molar-refractivity contribution in [2.45, 2.75) is 19.0 Å². The fraction of sp³-hybridized carbons (Fsp3) is 0.263. The second kappa shape index (κ2) is 7.67. The van der Waals surface area contributed by atoms with Crippen LogP contribution in [0.5, 0.6) is 0 Å². The lowest BCUT2D eigenvalue weighted by atomic mass is 10.1. The summed E-state index contributed by atoms with van der Waals surface area (Å²) in [7, 11) is -3.40. The van der Waals surface area contributed by atoms with Crippen molar-refractivity contribution < 1.29 is 26.8 Å². The number of benzene rings is 2. The quantitative estimate of drug-likeness (QED) is 0.796. The summed E-state index contributed by atoms with van der Waals surface area (Å²) in [5, 5.41) is 2.33. The van der Waals surface area contributed by atoms with E-state index in [1.54, 1.807) is 24.3 Å². The van der Waals surface area contributed by atoms with Crippen LogP contribution < -0.4 is 5.32 Å². The summed E-state index contributed by atoms with van der Waals surface area (Å²) in [6.07, 6.45) is 0.884. The molecule has 6 nitrogen and oxygen atoms in total. The average molecular weight is 408 g/mol. The van der Waals surface area contributed by atoms with Crippen molar-refractivity contribution in [2.24, 2.45) is 0 Å². The molecule has 1 N–H and O–H groups in total. The molecule has 0 saturated heterocycles. The molecule has 0 bridgehead atoms. The lowest BCUT2D eigenvalue weighted by Gasteiger charge is -2.27. The van der Waals surface area contributed by atoms with Crippen molar-refractivity contribution in [3.8, 4) is 0 Å². The van der Waals surface area contributed by atoms with Gasteiger partial charge in [-0.2, -0.15) is 0 Å². The van der Waals surface area contributed by atoms with Gasteiger partial charge in [0, 0.05) is 24.4 Å². The standard InChI is InChI=1S/C19H18F2N2O4S/c1-28(26,27)9-8-17(18(24)22-16-7-6-13(20)10-15(16)21)23-11-12-4-2-3-5-14(12)19(23)25/h2-7,10,17H,8-9,11H2,1H3,(H,22,24)/t17-/m1/s1. The van der Waals surface area contributed by atoms with Crippen LogP contribution in [0.15, 0.2) is 42.5 Å². The highest BCUT2D eigenvalue weighted by atomic mass is 32.2. The zero-order valence-electron chi connectivity index (χ0n) is 15.0. The number of amides is 2. The van der Waals surface area contributed by atoms with Gasteiger partial charge >= 0.3 is 0 Å². The molecule has 0 unspecified atom stereocenters. The Morgan fingerprint density at radius 1 is 1.21 bits per heavy atom. The van der Waals surface area contributed by atoms with E-state index >= 15 is 0 Å². The first kappa shape index (κ1) is 19.9. The molecule has 1 heterocycles. The summed E-state index contributed by atoms with van der Waals surface area (Å²) in [5.74, 6) is -3.23. The Labute approximate surface area is 161 Å². The van der Waals surface area contributed by atoms with Gasteiger partial charge in [-0.05, 0) is 30.2 Å². The molecule has 1 atom stereocenters. The van der Waals surface area contributed by atoms with E-state index in [4.69, 9.17) is 0 Å². The number of rotatable bonds is 6. The summed E-state index contributed by atoms with van der Waals surface area (Å²) in [6.45, 7) is 0.142. The summed E-state index contributed by atoms with van der Waals surface area (Å²) in [4.78, 5) is 26.8. The minimum atomic E-state index is -3.40. The molecular weight excluding hydrogens is 390 g/mol. The van der Waals surface area contributed by atoms with Crippen LogP contribution in [0.1, 0.15) is 22.3 Å². The van der Waals surface area contributed by atoms with E-state index in [2.05, 4.69) is 5.32 Å². The molecule has 0 saturated carbocycles. The monoisotopic (exact) mass is 408 g/mol. The van der Waals surface area contributed by atoms with E-state index in [0.29, 0.717) is 11.6 Å². The smallest absolute Gasteiger partial charge is 0.255 e. The second-order valence-corrected chi connectivity index (χ2v) is 8.90. The van der Waals surface area contributed by atoms with Gasteiger partial charge in [0.2, 0.25) is 5.91 Å². The normalized spacial score (nSPS) is 14.7.